The van der Waals surface area contributed by atoms with Gasteiger partial charge in [0.2, 0.25) is 0 Å². The number of benzene rings is 1. The number of carbonyl (C=O) groups excluding carboxylic acids is 2. The van der Waals surface area contributed by atoms with Gasteiger partial charge in [-0.2, -0.15) is 13.2 Å². The molecule has 0 saturated heterocycles. The Kier molecular flexibility index (Phi) is 6.41. The molecule has 2 rings (SSSR count). The first-order valence-corrected chi connectivity index (χ1v) is 8.40. The van der Waals surface area contributed by atoms with E-state index in [0.717, 1.165) is 13.2 Å². The third-order valence-electron chi connectivity index (χ3n) is 3.71. The Bertz CT molecular complexity index is 909. The van der Waals surface area contributed by atoms with E-state index in [1.54, 1.807) is 5.32 Å². The third kappa shape index (κ3) is 4.31. The molecule has 2 aromatic rings. The second-order valence-corrected chi connectivity index (χ2v) is 6.46. The van der Waals surface area contributed by atoms with Crippen molar-refractivity contribution in [2.45, 2.75) is 18.8 Å². The first-order valence-electron chi connectivity index (χ1n) is 7.64. The molecule has 2 N–H and O–H groups in total. The fraction of sp³-hybridized carbons (Fsp3) is 0.235. The molecule has 11 heteroatoms. The number of halogens is 5. The number of amides is 1. The molecule has 0 aliphatic heterocycles. The summed E-state index contributed by atoms with van der Waals surface area (Å²) in [6.45, 7) is 1.48. The molecule has 1 heterocycles. The molecule has 0 aliphatic carbocycles. The van der Waals surface area contributed by atoms with Crippen LogP contribution in [0.15, 0.2) is 36.5 Å². The summed E-state index contributed by atoms with van der Waals surface area (Å²) >= 11 is 11.6. The van der Waals surface area contributed by atoms with Crippen LogP contribution in [0.2, 0.25) is 10.0 Å². The van der Waals surface area contributed by atoms with Crippen LogP contribution in [-0.2, 0) is 9.53 Å². The quantitative estimate of drug-likeness (QED) is 0.548. The highest BCUT2D eigenvalue weighted by molar-refractivity contribution is 6.36. The number of hydrogen-bond donors (Lipinski definition) is 2. The normalized spacial score (nSPS) is 13.4. The highest BCUT2D eigenvalue weighted by atomic mass is 35.5. The van der Waals surface area contributed by atoms with Gasteiger partial charge in [-0.25, -0.2) is 9.78 Å². The van der Waals surface area contributed by atoms with Gasteiger partial charge in [-0.3, -0.25) is 4.79 Å². The summed E-state index contributed by atoms with van der Waals surface area (Å²) in [6.07, 6.45) is -4.07. The Hall–Kier alpha value is -2.52. The molecular formula is C17H14Cl2F3N3O3. The number of hydrogen-bond acceptors (Lipinski definition) is 5. The van der Waals surface area contributed by atoms with Gasteiger partial charge in [0.1, 0.15) is 5.82 Å². The molecular weight excluding hydrogens is 422 g/mol. The number of carbonyl (C=O) groups is 2. The minimum atomic E-state index is -5.29. The molecule has 1 amide bonds. The zero-order valence-electron chi connectivity index (χ0n) is 14.5. The molecule has 28 heavy (non-hydrogen) atoms. The highest BCUT2D eigenvalue weighted by Crippen LogP contribution is 2.34. The van der Waals surface area contributed by atoms with Crippen molar-refractivity contribution in [2.24, 2.45) is 0 Å². The maximum atomic E-state index is 14.0. The van der Waals surface area contributed by atoms with Crippen molar-refractivity contribution in [1.29, 1.82) is 0 Å². The number of methoxy groups -OCH3 is 1. The molecule has 0 saturated carbocycles. The minimum absolute atomic E-state index is 0.179. The predicted molar refractivity (Wildman–Crippen MR) is 97.3 cm³/mol. The van der Waals surface area contributed by atoms with Crippen LogP contribution in [0.3, 0.4) is 0 Å². The first-order chi connectivity index (χ1) is 13.0. The Morgan fingerprint density at radius 2 is 1.86 bits per heavy atom. The van der Waals surface area contributed by atoms with E-state index >= 15 is 0 Å². The van der Waals surface area contributed by atoms with E-state index < -0.39 is 23.7 Å². The Morgan fingerprint density at radius 3 is 2.39 bits per heavy atom. The second kappa shape index (κ2) is 8.24. The molecule has 1 atom stereocenters. The molecule has 150 valence electrons. The summed E-state index contributed by atoms with van der Waals surface area (Å²) in [5.41, 5.74) is -3.62. The average molecular weight is 436 g/mol. The van der Waals surface area contributed by atoms with Crippen molar-refractivity contribution in [3.05, 3.63) is 57.7 Å². The van der Waals surface area contributed by atoms with Crippen LogP contribution in [0.1, 0.15) is 15.9 Å². The second-order valence-electron chi connectivity index (χ2n) is 5.61. The number of ether oxygens (including phenoxy) is 1. The zero-order chi connectivity index (χ0) is 21.1. The molecule has 0 aliphatic rings. The molecule has 1 unspecified atom stereocenters. The number of nitrogens with zero attached hydrogens (tertiary/aromatic N) is 1. The summed E-state index contributed by atoms with van der Waals surface area (Å²) in [6, 6.07) is 6.56. The lowest BCUT2D eigenvalue weighted by Crippen LogP contribution is -2.69. The van der Waals surface area contributed by atoms with Crippen molar-refractivity contribution in [3.8, 4) is 0 Å². The standard InChI is InChI=1S/C17H14Cl2F3N3O3/c1-9-4-3-7-23-13(9)24-16(15(27)28-2,17(20,21)22)25-14(26)11-6-5-10(18)8-12(11)19/h3-8H,1-2H3,(H,23,24)(H,25,26). The smallest absolute Gasteiger partial charge is 0.441 e. The molecule has 1 aromatic heterocycles. The van der Waals surface area contributed by atoms with E-state index in [-0.39, 0.29) is 21.4 Å². The van der Waals surface area contributed by atoms with Crippen LogP contribution >= 0.6 is 23.2 Å². The first kappa shape index (κ1) is 21.8. The Morgan fingerprint density at radius 1 is 1.18 bits per heavy atom. The Balaban J connectivity index is 2.55. The number of esters is 1. The van der Waals surface area contributed by atoms with Crippen LogP contribution in [-0.4, -0.2) is 35.8 Å². The Labute approximate surface area is 168 Å². The number of rotatable bonds is 5. The lowest BCUT2D eigenvalue weighted by Gasteiger charge is -2.35. The van der Waals surface area contributed by atoms with Gasteiger partial charge in [0, 0.05) is 11.2 Å². The minimum Gasteiger partial charge on any atom is -0.466 e. The summed E-state index contributed by atoms with van der Waals surface area (Å²) in [5.74, 6) is -3.33. The summed E-state index contributed by atoms with van der Waals surface area (Å²) < 4.78 is 46.4. The molecule has 0 fully saturated rings. The van der Waals surface area contributed by atoms with E-state index in [1.165, 1.54) is 37.4 Å². The number of nitrogens with one attached hydrogen (secondary N) is 2. The highest BCUT2D eigenvalue weighted by Gasteiger charge is 2.64. The van der Waals surface area contributed by atoms with Gasteiger partial charge in [-0.15, -0.1) is 0 Å². The topological polar surface area (TPSA) is 80.3 Å². The van der Waals surface area contributed by atoms with Gasteiger partial charge in [0.05, 0.1) is 17.7 Å². The van der Waals surface area contributed by atoms with Crippen LogP contribution in [0.4, 0.5) is 19.0 Å². The maximum absolute atomic E-state index is 14.0. The maximum Gasteiger partial charge on any atom is 0.441 e. The van der Waals surface area contributed by atoms with E-state index in [0.29, 0.717) is 5.56 Å². The van der Waals surface area contributed by atoms with E-state index in [2.05, 4.69) is 9.72 Å². The fourth-order valence-corrected chi connectivity index (χ4v) is 2.74. The van der Waals surface area contributed by atoms with E-state index in [4.69, 9.17) is 23.2 Å². The summed E-state index contributed by atoms with van der Waals surface area (Å²) in [4.78, 5) is 28.5. The van der Waals surface area contributed by atoms with Crippen molar-refractivity contribution in [3.63, 3.8) is 0 Å². The average Bonchev–Trinajstić information content (AvgIpc) is 2.61. The molecule has 6 nitrogen and oxygen atoms in total. The van der Waals surface area contributed by atoms with Gasteiger partial charge in [-0.05, 0) is 36.8 Å². The van der Waals surface area contributed by atoms with Gasteiger partial charge >= 0.3 is 17.8 Å². The van der Waals surface area contributed by atoms with Crippen LogP contribution in [0.5, 0.6) is 0 Å². The van der Waals surface area contributed by atoms with Crippen LogP contribution in [0, 0.1) is 6.92 Å². The van der Waals surface area contributed by atoms with Crippen LogP contribution in [0.25, 0.3) is 0 Å². The van der Waals surface area contributed by atoms with Crippen molar-refractivity contribution < 1.29 is 27.5 Å². The fourth-order valence-electron chi connectivity index (χ4n) is 2.25. The van der Waals surface area contributed by atoms with Gasteiger partial charge in [0.15, 0.2) is 0 Å². The van der Waals surface area contributed by atoms with Crippen LogP contribution < -0.4 is 10.6 Å². The molecule has 0 spiro atoms. The SMILES string of the molecule is COC(=O)C(NC(=O)c1ccc(Cl)cc1Cl)(Nc1ncccc1C)C(F)(F)F. The number of anilines is 1. The van der Waals surface area contributed by atoms with Crippen molar-refractivity contribution in [1.82, 2.24) is 10.3 Å². The van der Waals surface area contributed by atoms with Gasteiger partial charge < -0.3 is 15.4 Å². The predicted octanol–water partition coefficient (Wildman–Crippen LogP) is 3.97. The summed E-state index contributed by atoms with van der Waals surface area (Å²) in [7, 11) is 0.761. The van der Waals surface area contributed by atoms with Crippen molar-refractivity contribution in [2.75, 3.05) is 12.4 Å². The molecule has 0 bridgehead atoms. The summed E-state index contributed by atoms with van der Waals surface area (Å²) in [5, 5.41) is 3.61. The van der Waals surface area contributed by atoms with Gasteiger partial charge in [0.25, 0.3) is 5.91 Å². The molecule has 0 radical (unpaired) electrons. The number of alkyl halides is 3. The van der Waals surface area contributed by atoms with E-state index in [1.807, 2.05) is 5.32 Å². The van der Waals surface area contributed by atoms with Gasteiger partial charge in [-0.1, -0.05) is 29.3 Å². The van der Waals surface area contributed by atoms with E-state index in [9.17, 15) is 22.8 Å². The van der Waals surface area contributed by atoms with Crippen molar-refractivity contribution >= 4 is 40.9 Å². The monoisotopic (exact) mass is 435 g/mol. The number of aromatic nitrogens is 1. The lowest BCUT2D eigenvalue weighted by atomic mass is 10.1. The lowest BCUT2D eigenvalue weighted by molar-refractivity contribution is -0.203. The largest absolute Gasteiger partial charge is 0.466 e. The molecule has 1 aromatic carbocycles. The number of aryl methyl sites for hydroxylation is 1. The number of pyridine rings is 1. The zero-order valence-corrected chi connectivity index (χ0v) is 16.0. The third-order valence-corrected chi connectivity index (χ3v) is 4.26.